The number of carbonyl (C=O) groups is 3. The molecule has 2 heterocycles. The summed E-state index contributed by atoms with van der Waals surface area (Å²) in [6.07, 6.45) is 1.74. The maximum absolute atomic E-state index is 12.3. The number of carboxylic acids is 2. The third-order valence-electron chi connectivity index (χ3n) is 4.10. The number of amides is 1. The lowest BCUT2D eigenvalue weighted by Crippen LogP contribution is -2.15. The number of nitrogens with one attached hydrogen (secondary N) is 1. The number of anilines is 1. The highest BCUT2D eigenvalue weighted by molar-refractivity contribution is 7.18. The van der Waals surface area contributed by atoms with E-state index in [-0.39, 0.29) is 23.0 Å². The molecule has 3 N–H and O–H groups in total. The van der Waals surface area contributed by atoms with E-state index in [4.69, 9.17) is 9.84 Å². The van der Waals surface area contributed by atoms with Gasteiger partial charge in [-0.1, -0.05) is 18.2 Å². The van der Waals surface area contributed by atoms with Crippen LogP contribution in [0.15, 0.2) is 48.7 Å². The number of rotatable bonds is 8. The molecule has 0 saturated heterocycles. The molecule has 0 fully saturated rings. The number of benzene rings is 1. The molecule has 0 atom stereocenters. The SMILES string of the molecule is Cc1c(-c2cccc(NC(=O)Cc3ccccn3)c2)sc(C(=O)O)c1OCC(=O)O. The predicted octanol–water partition coefficient (Wildman–Crippen LogP) is 3.46. The number of ether oxygens (including phenoxy) is 1. The van der Waals surface area contributed by atoms with Gasteiger partial charge in [0.25, 0.3) is 0 Å². The number of aliphatic carboxylic acids is 1. The van der Waals surface area contributed by atoms with Crippen molar-refractivity contribution in [3.8, 4) is 16.2 Å². The number of thiophene rings is 1. The maximum atomic E-state index is 12.3. The van der Waals surface area contributed by atoms with Crippen molar-refractivity contribution >= 4 is 34.9 Å². The van der Waals surface area contributed by atoms with Gasteiger partial charge in [0.05, 0.1) is 6.42 Å². The van der Waals surface area contributed by atoms with E-state index < -0.39 is 18.5 Å². The van der Waals surface area contributed by atoms with Gasteiger partial charge in [-0.15, -0.1) is 11.3 Å². The molecule has 0 spiro atoms. The van der Waals surface area contributed by atoms with Crippen LogP contribution < -0.4 is 10.1 Å². The molecule has 0 aliphatic heterocycles. The van der Waals surface area contributed by atoms with E-state index in [0.29, 0.717) is 27.4 Å². The summed E-state index contributed by atoms with van der Waals surface area (Å²) in [6.45, 7) is 1.03. The molecule has 2 aromatic heterocycles. The summed E-state index contributed by atoms with van der Waals surface area (Å²) in [5, 5.41) is 21.1. The van der Waals surface area contributed by atoms with Gasteiger partial charge in [-0.2, -0.15) is 0 Å². The van der Waals surface area contributed by atoms with Gasteiger partial charge in [0.15, 0.2) is 11.5 Å². The van der Waals surface area contributed by atoms with E-state index in [2.05, 4.69) is 10.3 Å². The first kappa shape index (κ1) is 21.0. The molecule has 9 heteroatoms. The van der Waals surface area contributed by atoms with Crippen LogP contribution >= 0.6 is 11.3 Å². The normalized spacial score (nSPS) is 10.4. The van der Waals surface area contributed by atoms with Crippen molar-refractivity contribution in [3.63, 3.8) is 0 Å². The number of carboxylic acid groups (broad SMARTS) is 2. The molecule has 0 bridgehead atoms. The van der Waals surface area contributed by atoms with Crippen LogP contribution in [0, 0.1) is 6.92 Å². The molecule has 0 radical (unpaired) electrons. The van der Waals surface area contributed by atoms with Gasteiger partial charge >= 0.3 is 11.9 Å². The van der Waals surface area contributed by atoms with E-state index in [1.54, 1.807) is 55.6 Å². The van der Waals surface area contributed by atoms with Crippen LogP contribution in [0.1, 0.15) is 20.9 Å². The number of aromatic nitrogens is 1. The lowest BCUT2D eigenvalue weighted by molar-refractivity contribution is -0.139. The summed E-state index contributed by atoms with van der Waals surface area (Å²) in [5.41, 5.74) is 2.40. The zero-order valence-electron chi connectivity index (χ0n) is 15.9. The molecular formula is C21H18N2O6S. The quantitative estimate of drug-likeness (QED) is 0.503. The molecule has 30 heavy (non-hydrogen) atoms. The first-order chi connectivity index (χ1) is 14.3. The summed E-state index contributed by atoms with van der Waals surface area (Å²) in [5.74, 6) is -2.59. The first-order valence-electron chi connectivity index (χ1n) is 8.86. The molecule has 1 aromatic carbocycles. The second-order valence-electron chi connectivity index (χ2n) is 6.33. The van der Waals surface area contributed by atoms with Crippen LogP contribution in [0.4, 0.5) is 5.69 Å². The standard InChI is InChI=1S/C21H18N2O6S/c1-12-18(29-11-17(25)26)20(21(27)28)30-19(12)13-5-4-7-15(9-13)23-16(24)10-14-6-2-3-8-22-14/h2-9H,10-11H2,1H3,(H,23,24)(H,25,26)(H,27,28). The van der Waals surface area contributed by atoms with Crippen molar-refractivity contribution in [3.05, 3.63) is 64.8 Å². The van der Waals surface area contributed by atoms with Crippen LogP contribution in [0.5, 0.6) is 5.75 Å². The summed E-state index contributed by atoms with van der Waals surface area (Å²) >= 11 is 0.989. The smallest absolute Gasteiger partial charge is 0.349 e. The van der Waals surface area contributed by atoms with Crippen LogP contribution in [0.3, 0.4) is 0 Å². The number of aromatic carboxylic acids is 1. The minimum atomic E-state index is -1.20. The summed E-state index contributed by atoms with van der Waals surface area (Å²) < 4.78 is 5.21. The highest BCUT2D eigenvalue weighted by atomic mass is 32.1. The highest BCUT2D eigenvalue weighted by Gasteiger charge is 2.23. The average molecular weight is 426 g/mol. The van der Waals surface area contributed by atoms with E-state index in [1.165, 1.54) is 0 Å². The zero-order chi connectivity index (χ0) is 21.7. The molecular weight excluding hydrogens is 408 g/mol. The van der Waals surface area contributed by atoms with Gasteiger partial charge in [-0.05, 0) is 36.8 Å². The highest BCUT2D eigenvalue weighted by Crippen LogP contribution is 2.41. The molecule has 1 amide bonds. The van der Waals surface area contributed by atoms with Crippen molar-refractivity contribution in [2.75, 3.05) is 11.9 Å². The van der Waals surface area contributed by atoms with Gasteiger partial charge in [0.1, 0.15) is 5.75 Å². The first-order valence-corrected chi connectivity index (χ1v) is 9.68. The Labute approximate surface area is 175 Å². The molecule has 8 nitrogen and oxygen atoms in total. The van der Waals surface area contributed by atoms with Gasteiger partial charge in [0, 0.05) is 28.0 Å². The number of pyridine rings is 1. The van der Waals surface area contributed by atoms with Crippen molar-refractivity contribution < 1.29 is 29.3 Å². The molecule has 0 saturated carbocycles. The second-order valence-corrected chi connectivity index (χ2v) is 7.35. The third-order valence-corrected chi connectivity index (χ3v) is 5.41. The topological polar surface area (TPSA) is 126 Å². The van der Waals surface area contributed by atoms with Crippen molar-refractivity contribution in [2.24, 2.45) is 0 Å². The van der Waals surface area contributed by atoms with Crippen molar-refractivity contribution in [2.45, 2.75) is 13.3 Å². The second kappa shape index (κ2) is 9.19. The number of carbonyl (C=O) groups excluding carboxylic acids is 1. The number of hydrogen-bond acceptors (Lipinski definition) is 6. The molecule has 3 rings (SSSR count). The Morgan fingerprint density at radius 1 is 1.13 bits per heavy atom. The Hall–Kier alpha value is -3.72. The van der Waals surface area contributed by atoms with E-state index in [1.807, 2.05) is 0 Å². The van der Waals surface area contributed by atoms with E-state index in [9.17, 15) is 19.5 Å². The van der Waals surface area contributed by atoms with Gasteiger partial charge in [0.2, 0.25) is 5.91 Å². The predicted molar refractivity (Wildman–Crippen MR) is 111 cm³/mol. The fraction of sp³-hybridized carbons (Fsp3) is 0.143. The van der Waals surface area contributed by atoms with Crippen LogP contribution in [-0.4, -0.2) is 39.6 Å². The van der Waals surface area contributed by atoms with Crippen molar-refractivity contribution in [1.82, 2.24) is 4.98 Å². The van der Waals surface area contributed by atoms with E-state index >= 15 is 0 Å². The Bertz CT molecular complexity index is 1090. The van der Waals surface area contributed by atoms with Crippen LogP contribution in [0.25, 0.3) is 10.4 Å². The molecule has 0 aliphatic rings. The monoisotopic (exact) mass is 426 g/mol. The summed E-state index contributed by atoms with van der Waals surface area (Å²) in [7, 11) is 0. The van der Waals surface area contributed by atoms with Crippen LogP contribution in [-0.2, 0) is 16.0 Å². The number of hydrogen-bond donors (Lipinski definition) is 3. The minimum absolute atomic E-state index is 0.0366. The van der Waals surface area contributed by atoms with Crippen LogP contribution in [0.2, 0.25) is 0 Å². The molecule has 0 aliphatic carbocycles. The lowest BCUT2D eigenvalue weighted by Gasteiger charge is -2.08. The Balaban J connectivity index is 1.84. The Kier molecular flexibility index (Phi) is 6.43. The van der Waals surface area contributed by atoms with Crippen molar-refractivity contribution in [1.29, 1.82) is 0 Å². The Morgan fingerprint density at radius 3 is 2.60 bits per heavy atom. The fourth-order valence-corrected chi connectivity index (χ4v) is 3.92. The minimum Gasteiger partial charge on any atom is -0.480 e. The zero-order valence-corrected chi connectivity index (χ0v) is 16.7. The van der Waals surface area contributed by atoms with Gasteiger partial charge in [-0.3, -0.25) is 9.78 Å². The number of nitrogens with zero attached hydrogens (tertiary/aromatic N) is 1. The third kappa shape index (κ3) is 5.00. The summed E-state index contributed by atoms with van der Waals surface area (Å²) in [6, 6.07) is 12.3. The molecule has 0 unspecified atom stereocenters. The average Bonchev–Trinajstić information content (AvgIpc) is 3.04. The summed E-state index contributed by atoms with van der Waals surface area (Å²) in [4.78, 5) is 39.3. The maximum Gasteiger partial charge on any atom is 0.349 e. The fourth-order valence-electron chi connectivity index (χ4n) is 2.83. The molecule has 3 aromatic rings. The van der Waals surface area contributed by atoms with Gasteiger partial charge < -0.3 is 20.3 Å². The molecule has 154 valence electrons. The lowest BCUT2D eigenvalue weighted by atomic mass is 10.1. The van der Waals surface area contributed by atoms with Gasteiger partial charge in [-0.25, -0.2) is 9.59 Å². The largest absolute Gasteiger partial charge is 0.480 e. The Morgan fingerprint density at radius 2 is 1.93 bits per heavy atom. The van der Waals surface area contributed by atoms with E-state index in [0.717, 1.165) is 11.3 Å².